The van der Waals surface area contributed by atoms with Gasteiger partial charge in [-0.3, -0.25) is 25.8 Å². The molecule has 0 fully saturated rings. The molecule has 9 heteroatoms. The molecule has 0 bridgehead atoms. The van der Waals surface area contributed by atoms with Crippen molar-refractivity contribution in [3.63, 3.8) is 0 Å². The van der Waals surface area contributed by atoms with Crippen molar-refractivity contribution in [2.75, 3.05) is 13.7 Å². The number of halogens is 1. The molecule has 3 N–H and O–H groups in total. The molecule has 2 aromatic carbocycles. The summed E-state index contributed by atoms with van der Waals surface area (Å²) in [6, 6.07) is 12.1. The van der Waals surface area contributed by atoms with E-state index in [0.717, 1.165) is 5.56 Å². The van der Waals surface area contributed by atoms with Gasteiger partial charge in [0.05, 0.1) is 24.6 Å². The van der Waals surface area contributed by atoms with E-state index in [2.05, 4.69) is 45.9 Å². The number of thiocarbonyl (C=S) groups is 1. The first-order chi connectivity index (χ1) is 14.3. The Bertz CT molecular complexity index is 904. The molecule has 0 heterocycles. The highest BCUT2D eigenvalue weighted by Gasteiger charge is 2.12. The molecular weight excluding hydrogens is 470 g/mol. The summed E-state index contributed by atoms with van der Waals surface area (Å²) in [5.41, 5.74) is 6.19. The summed E-state index contributed by atoms with van der Waals surface area (Å²) in [5, 5.41) is 2.50. The van der Waals surface area contributed by atoms with Crippen molar-refractivity contribution in [1.82, 2.24) is 16.2 Å². The maximum Gasteiger partial charge on any atom is 0.257 e. The summed E-state index contributed by atoms with van der Waals surface area (Å²) < 4.78 is 11.4. The van der Waals surface area contributed by atoms with Gasteiger partial charge < -0.3 is 9.47 Å². The Morgan fingerprint density at radius 3 is 2.40 bits per heavy atom. The second-order valence-corrected chi connectivity index (χ2v) is 8.09. The third kappa shape index (κ3) is 7.64. The lowest BCUT2D eigenvalue weighted by molar-refractivity contribution is -0.121. The molecule has 0 aliphatic heterocycles. The second kappa shape index (κ2) is 11.5. The van der Waals surface area contributed by atoms with Gasteiger partial charge >= 0.3 is 0 Å². The predicted octanol–water partition coefficient (Wildman–Crippen LogP) is 3.37. The van der Waals surface area contributed by atoms with E-state index in [0.29, 0.717) is 34.1 Å². The van der Waals surface area contributed by atoms with Crippen molar-refractivity contribution in [2.24, 2.45) is 5.92 Å². The minimum absolute atomic E-state index is 0.0145. The Labute approximate surface area is 189 Å². The summed E-state index contributed by atoms with van der Waals surface area (Å²) in [4.78, 5) is 24.4. The summed E-state index contributed by atoms with van der Waals surface area (Å²) in [6.45, 7) is 4.69. The maximum atomic E-state index is 12.4. The molecule has 2 rings (SSSR count). The Hall–Kier alpha value is -2.65. The number of methoxy groups -OCH3 is 1. The molecule has 0 spiro atoms. The van der Waals surface area contributed by atoms with Crippen molar-refractivity contribution >= 4 is 45.1 Å². The molecule has 2 aromatic rings. The third-order valence-electron chi connectivity index (χ3n) is 3.83. The smallest absolute Gasteiger partial charge is 0.257 e. The van der Waals surface area contributed by atoms with Crippen LogP contribution in [0.25, 0.3) is 0 Å². The number of carbonyl (C=O) groups excluding carboxylic acids is 2. The number of rotatable bonds is 7. The van der Waals surface area contributed by atoms with E-state index < -0.39 is 5.91 Å². The van der Waals surface area contributed by atoms with Gasteiger partial charge in [0.25, 0.3) is 5.91 Å². The molecule has 0 aliphatic rings. The number of hydrazine groups is 1. The zero-order chi connectivity index (χ0) is 22.1. The van der Waals surface area contributed by atoms with Crippen molar-refractivity contribution in [2.45, 2.75) is 20.3 Å². The van der Waals surface area contributed by atoms with Crippen molar-refractivity contribution in [1.29, 1.82) is 0 Å². The molecule has 30 heavy (non-hydrogen) atoms. The topological polar surface area (TPSA) is 88.7 Å². The molecule has 0 aromatic heterocycles. The SMILES string of the molecule is COc1ccc(CC(=O)NNC(=S)NC(=O)c2ccc(OCC(C)C)c(Br)c2)cc1. The average Bonchev–Trinajstić information content (AvgIpc) is 2.71. The predicted molar refractivity (Wildman–Crippen MR) is 123 cm³/mol. The molecule has 0 unspecified atom stereocenters. The lowest BCUT2D eigenvalue weighted by Crippen LogP contribution is -2.48. The lowest BCUT2D eigenvalue weighted by atomic mass is 10.1. The highest BCUT2D eigenvalue weighted by molar-refractivity contribution is 9.10. The van der Waals surface area contributed by atoms with Gasteiger partial charge in [-0.1, -0.05) is 26.0 Å². The quantitative estimate of drug-likeness (QED) is 0.404. The number of amides is 2. The third-order valence-corrected chi connectivity index (χ3v) is 4.66. The van der Waals surface area contributed by atoms with Crippen LogP contribution < -0.4 is 25.6 Å². The molecule has 0 saturated heterocycles. The molecule has 0 saturated carbocycles. The Kier molecular flexibility index (Phi) is 9.07. The fraction of sp³-hybridized carbons (Fsp3) is 0.286. The van der Waals surface area contributed by atoms with Crippen molar-refractivity contribution in [3.8, 4) is 11.5 Å². The number of hydrogen-bond acceptors (Lipinski definition) is 5. The Morgan fingerprint density at radius 2 is 1.80 bits per heavy atom. The van der Waals surface area contributed by atoms with Gasteiger partial charge in [-0.15, -0.1) is 0 Å². The Morgan fingerprint density at radius 1 is 1.10 bits per heavy atom. The molecule has 7 nitrogen and oxygen atoms in total. The molecule has 160 valence electrons. The number of carbonyl (C=O) groups is 2. The van der Waals surface area contributed by atoms with Crippen LogP contribution >= 0.6 is 28.1 Å². The van der Waals surface area contributed by atoms with Gasteiger partial charge in [-0.25, -0.2) is 0 Å². The summed E-state index contributed by atoms with van der Waals surface area (Å²) in [7, 11) is 1.58. The summed E-state index contributed by atoms with van der Waals surface area (Å²) in [6.07, 6.45) is 0.151. The molecule has 0 aliphatic carbocycles. The first kappa shape index (κ1) is 23.6. The largest absolute Gasteiger partial charge is 0.497 e. The van der Waals surface area contributed by atoms with E-state index >= 15 is 0 Å². The van der Waals surface area contributed by atoms with Crippen LogP contribution in [0.1, 0.15) is 29.8 Å². The van der Waals surface area contributed by atoms with Gasteiger partial charge in [0.2, 0.25) is 5.91 Å². The van der Waals surface area contributed by atoms with E-state index in [9.17, 15) is 9.59 Å². The van der Waals surface area contributed by atoms with E-state index in [1.807, 2.05) is 0 Å². The fourth-order valence-electron chi connectivity index (χ4n) is 2.32. The van der Waals surface area contributed by atoms with Gasteiger partial charge in [0.1, 0.15) is 11.5 Å². The zero-order valence-corrected chi connectivity index (χ0v) is 19.4. The number of hydrogen-bond donors (Lipinski definition) is 3. The maximum absolute atomic E-state index is 12.4. The summed E-state index contributed by atoms with van der Waals surface area (Å²) >= 11 is 8.47. The summed E-state index contributed by atoms with van der Waals surface area (Å²) in [5.74, 6) is 1.06. The van der Waals surface area contributed by atoms with E-state index in [1.165, 1.54) is 0 Å². The molecule has 2 amide bonds. The Balaban J connectivity index is 1.81. The van der Waals surface area contributed by atoms with Crippen LogP contribution in [0.5, 0.6) is 11.5 Å². The second-order valence-electron chi connectivity index (χ2n) is 6.83. The van der Waals surface area contributed by atoms with Crippen molar-refractivity contribution < 1.29 is 19.1 Å². The van der Waals surface area contributed by atoms with Crippen LogP contribution in [0.2, 0.25) is 0 Å². The van der Waals surface area contributed by atoms with Gasteiger partial charge in [-0.05, 0) is 70.0 Å². The van der Waals surface area contributed by atoms with Crippen LogP contribution in [0.3, 0.4) is 0 Å². The monoisotopic (exact) mass is 493 g/mol. The first-order valence-electron chi connectivity index (χ1n) is 9.24. The molecule has 0 radical (unpaired) electrons. The average molecular weight is 494 g/mol. The fourth-order valence-corrected chi connectivity index (χ4v) is 2.96. The van der Waals surface area contributed by atoms with Gasteiger partial charge in [0, 0.05) is 5.56 Å². The van der Waals surface area contributed by atoms with E-state index in [4.69, 9.17) is 21.7 Å². The minimum atomic E-state index is -0.409. The lowest BCUT2D eigenvalue weighted by Gasteiger charge is -2.13. The van der Waals surface area contributed by atoms with Gasteiger partial charge in [-0.2, -0.15) is 0 Å². The van der Waals surface area contributed by atoms with Crippen LogP contribution in [0.15, 0.2) is 46.9 Å². The van der Waals surface area contributed by atoms with Crippen LogP contribution in [0.4, 0.5) is 0 Å². The minimum Gasteiger partial charge on any atom is -0.497 e. The van der Waals surface area contributed by atoms with Gasteiger partial charge in [0.15, 0.2) is 5.11 Å². The molecular formula is C21H24BrN3O4S. The van der Waals surface area contributed by atoms with E-state index in [1.54, 1.807) is 49.6 Å². The normalized spacial score (nSPS) is 10.3. The number of benzene rings is 2. The highest BCUT2D eigenvalue weighted by Crippen LogP contribution is 2.26. The standard InChI is InChI=1S/C21H24BrN3O4S/c1-13(2)12-29-18-9-6-15(11-17(18)22)20(27)23-21(30)25-24-19(26)10-14-4-7-16(28-3)8-5-14/h4-9,11,13H,10,12H2,1-3H3,(H,24,26)(H2,23,25,27,30). The van der Waals surface area contributed by atoms with E-state index in [-0.39, 0.29) is 17.4 Å². The van der Waals surface area contributed by atoms with Crippen LogP contribution in [-0.2, 0) is 11.2 Å². The molecule has 0 atom stereocenters. The first-order valence-corrected chi connectivity index (χ1v) is 10.4. The highest BCUT2D eigenvalue weighted by atomic mass is 79.9. The van der Waals surface area contributed by atoms with Crippen molar-refractivity contribution in [3.05, 3.63) is 58.1 Å². The van der Waals surface area contributed by atoms with Crippen LogP contribution in [0, 0.1) is 5.92 Å². The number of ether oxygens (including phenoxy) is 2. The zero-order valence-electron chi connectivity index (χ0n) is 17.0. The number of nitrogens with one attached hydrogen (secondary N) is 3. The van der Waals surface area contributed by atoms with Crippen LogP contribution in [-0.4, -0.2) is 30.6 Å².